The van der Waals surface area contributed by atoms with Crippen molar-refractivity contribution in [1.29, 1.82) is 0 Å². The summed E-state index contributed by atoms with van der Waals surface area (Å²) in [5, 5.41) is 10.1. The SMILES string of the molecule is COc1cccc(CC(=O)N2CCN(c3nc4ccccc4c4nnc(-c5ccccc5OC)n34)CC2)c1. The lowest BCUT2D eigenvalue weighted by Crippen LogP contribution is -2.50. The van der Waals surface area contributed by atoms with Gasteiger partial charge in [0.15, 0.2) is 11.5 Å². The highest BCUT2D eigenvalue weighted by Crippen LogP contribution is 2.33. The van der Waals surface area contributed by atoms with Crippen LogP contribution in [0, 0.1) is 0 Å². The van der Waals surface area contributed by atoms with Gasteiger partial charge in [-0.15, -0.1) is 10.2 Å². The molecule has 0 saturated carbocycles. The molecule has 0 bridgehead atoms. The van der Waals surface area contributed by atoms with Crippen LogP contribution < -0.4 is 14.4 Å². The zero-order valence-corrected chi connectivity index (χ0v) is 21.4. The van der Waals surface area contributed by atoms with Crippen LogP contribution in [-0.2, 0) is 11.2 Å². The van der Waals surface area contributed by atoms with Gasteiger partial charge in [-0.05, 0) is 42.0 Å². The molecule has 3 heterocycles. The van der Waals surface area contributed by atoms with E-state index in [1.807, 2.05) is 82.1 Å². The van der Waals surface area contributed by atoms with Gasteiger partial charge in [-0.25, -0.2) is 9.38 Å². The van der Waals surface area contributed by atoms with Crippen molar-refractivity contribution in [2.45, 2.75) is 6.42 Å². The standard InChI is InChI=1S/C29H28N6O3/c1-37-21-9-7-8-20(18-21)19-26(36)33-14-16-34(17-15-33)29-30-24-12-5-3-10-22(24)27-31-32-28(35(27)29)23-11-4-6-13-25(23)38-2/h3-13,18H,14-17,19H2,1-2H3. The molecular weight excluding hydrogens is 480 g/mol. The molecular formula is C29H28N6O3. The second kappa shape index (κ2) is 10.0. The van der Waals surface area contributed by atoms with Crippen molar-refractivity contribution in [3.63, 3.8) is 0 Å². The van der Waals surface area contributed by atoms with Gasteiger partial charge in [0.1, 0.15) is 11.5 Å². The number of fused-ring (bicyclic) bond motifs is 3. The highest BCUT2D eigenvalue weighted by molar-refractivity contribution is 5.93. The summed E-state index contributed by atoms with van der Waals surface area (Å²) >= 11 is 0. The molecule has 1 aliphatic heterocycles. The van der Waals surface area contributed by atoms with E-state index in [0.717, 1.165) is 39.4 Å². The van der Waals surface area contributed by atoms with Crippen molar-refractivity contribution in [1.82, 2.24) is 24.5 Å². The smallest absolute Gasteiger partial charge is 0.227 e. The van der Waals surface area contributed by atoms with Crippen LogP contribution in [0.4, 0.5) is 5.95 Å². The lowest BCUT2D eigenvalue weighted by Gasteiger charge is -2.35. The van der Waals surface area contributed by atoms with E-state index in [1.54, 1.807) is 14.2 Å². The Hall–Kier alpha value is -4.66. The van der Waals surface area contributed by atoms with Crippen LogP contribution >= 0.6 is 0 Å². The number of carbonyl (C=O) groups excluding carboxylic acids is 1. The van der Waals surface area contributed by atoms with Gasteiger partial charge in [-0.2, -0.15) is 0 Å². The van der Waals surface area contributed by atoms with E-state index in [9.17, 15) is 4.79 Å². The molecule has 0 N–H and O–H groups in total. The molecule has 1 amide bonds. The number of aromatic nitrogens is 4. The summed E-state index contributed by atoms with van der Waals surface area (Å²) < 4.78 is 12.9. The van der Waals surface area contributed by atoms with Gasteiger partial charge >= 0.3 is 0 Å². The van der Waals surface area contributed by atoms with Crippen LogP contribution in [0.2, 0.25) is 0 Å². The van der Waals surface area contributed by atoms with Gasteiger partial charge in [-0.3, -0.25) is 4.79 Å². The fourth-order valence-electron chi connectivity index (χ4n) is 5.01. The summed E-state index contributed by atoms with van der Waals surface area (Å²) in [7, 11) is 3.28. The number of ether oxygens (including phenoxy) is 2. The number of methoxy groups -OCH3 is 2. The lowest BCUT2D eigenvalue weighted by molar-refractivity contribution is -0.130. The Morgan fingerprint density at radius 2 is 1.66 bits per heavy atom. The van der Waals surface area contributed by atoms with Crippen LogP contribution in [0.25, 0.3) is 27.9 Å². The number of amides is 1. The fraction of sp³-hybridized carbons (Fsp3) is 0.241. The maximum Gasteiger partial charge on any atom is 0.227 e. The third-order valence-corrected chi connectivity index (χ3v) is 6.98. The largest absolute Gasteiger partial charge is 0.497 e. The average molecular weight is 509 g/mol. The van der Waals surface area contributed by atoms with Crippen molar-refractivity contribution in [3.05, 3.63) is 78.4 Å². The van der Waals surface area contributed by atoms with Gasteiger partial charge in [0.25, 0.3) is 0 Å². The first-order chi connectivity index (χ1) is 18.7. The molecule has 0 spiro atoms. The molecule has 3 aromatic carbocycles. The van der Waals surface area contributed by atoms with Gasteiger partial charge in [0.2, 0.25) is 11.9 Å². The third kappa shape index (κ3) is 4.26. The summed E-state index contributed by atoms with van der Waals surface area (Å²) in [6, 6.07) is 23.4. The summed E-state index contributed by atoms with van der Waals surface area (Å²) in [6.45, 7) is 2.50. The molecule has 5 aromatic rings. The summed E-state index contributed by atoms with van der Waals surface area (Å²) in [5.41, 5.74) is 3.38. The van der Waals surface area contributed by atoms with Crippen molar-refractivity contribution < 1.29 is 14.3 Å². The van der Waals surface area contributed by atoms with E-state index >= 15 is 0 Å². The first kappa shape index (κ1) is 23.7. The molecule has 0 radical (unpaired) electrons. The minimum Gasteiger partial charge on any atom is -0.497 e. The van der Waals surface area contributed by atoms with Gasteiger partial charge in [-0.1, -0.05) is 36.4 Å². The van der Waals surface area contributed by atoms with E-state index < -0.39 is 0 Å². The molecule has 0 unspecified atom stereocenters. The Morgan fingerprint density at radius 3 is 2.47 bits per heavy atom. The molecule has 9 heteroatoms. The lowest BCUT2D eigenvalue weighted by atomic mass is 10.1. The van der Waals surface area contributed by atoms with Crippen molar-refractivity contribution >= 4 is 28.4 Å². The molecule has 2 aromatic heterocycles. The quantitative estimate of drug-likeness (QED) is 0.344. The minimum absolute atomic E-state index is 0.105. The number of benzene rings is 3. The Bertz CT molecular complexity index is 1620. The van der Waals surface area contributed by atoms with Crippen LogP contribution in [0.1, 0.15) is 5.56 Å². The number of para-hydroxylation sites is 2. The summed E-state index contributed by atoms with van der Waals surface area (Å²) in [6.07, 6.45) is 0.346. The van der Waals surface area contributed by atoms with Crippen LogP contribution in [0.5, 0.6) is 11.5 Å². The highest BCUT2D eigenvalue weighted by atomic mass is 16.5. The van der Waals surface area contributed by atoms with Crippen LogP contribution in [-0.4, -0.2) is 70.8 Å². The van der Waals surface area contributed by atoms with E-state index in [0.29, 0.717) is 44.2 Å². The van der Waals surface area contributed by atoms with Crippen molar-refractivity contribution in [2.75, 3.05) is 45.3 Å². The number of carbonyl (C=O) groups is 1. The first-order valence-corrected chi connectivity index (χ1v) is 12.6. The molecule has 1 saturated heterocycles. The number of anilines is 1. The maximum absolute atomic E-state index is 13.1. The molecule has 192 valence electrons. The number of hydrogen-bond acceptors (Lipinski definition) is 7. The van der Waals surface area contributed by atoms with Crippen LogP contribution in [0.3, 0.4) is 0 Å². The number of hydrogen-bond donors (Lipinski definition) is 0. The monoisotopic (exact) mass is 508 g/mol. The molecule has 0 aliphatic carbocycles. The topological polar surface area (TPSA) is 85.1 Å². The van der Waals surface area contributed by atoms with Gasteiger partial charge < -0.3 is 19.3 Å². The predicted molar refractivity (Wildman–Crippen MR) is 146 cm³/mol. The fourth-order valence-corrected chi connectivity index (χ4v) is 5.01. The number of piperazine rings is 1. The summed E-state index contributed by atoms with van der Waals surface area (Å²) in [4.78, 5) is 22.2. The Labute approximate surface area is 220 Å². The predicted octanol–water partition coefficient (Wildman–Crippen LogP) is 3.85. The summed E-state index contributed by atoms with van der Waals surface area (Å²) in [5.74, 6) is 3.00. The molecule has 1 fully saturated rings. The Kier molecular flexibility index (Phi) is 6.25. The van der Waals surface area contributed by atoms with E-state index in [-0.39, 0.29) is 5.91 Å². The van der Waals surface area contributed by atoms with Crippen molar-refractivity contribution in [2.24, 2.45) is 0 Å². The highest BCUT2D eigenvalue weighted by Gasteiger charge is 2.26. The molecule has 9 nitrogen and oxygen atoms in total. The molecule has 38 heavy (non-hydrogen) atoms. The van der Waals surface area contributed by atoms with Gasteiger partial charge in [0, 0.05) is 31.6 Å². The normalized spacial score (nSPS) is 13.7. The van der Waals surface area contributed by atoms with Crippen molar-refractivity contribution in [3.8, 4) is 22.9 Å². The molecule has 1 aliphatic rings. The minimum atomic E-state index is 0.105. The Balaban J connectivity index is 1.32. The van der Waals surface area contributed by atoms with E-state index in [4.69, 9.17) is 14.5 Å². The second-order valence-electron chi connectivity index (χ2n) is 9.21. The van der Waals surface area contributed by atoms with E-state index in [1.165, 1.54) is 0 Å². The maximum atomic E-state index is 13.1. The second-order valence-corrected chi connectivity index (χ2v) is 9.21. The molecule has 0 atom stereocenters. The molecule has 6 rings (SSSR count). The zero-order chi connectivity index (χ0) is 26.1. The number of rotatable bonds is 6. The number of nitrogens with zero attached hydrogens (tertiary/aromatic N) is 6. The Morgan fingerprint density at radius 1 is 0.868 bits per heavy atom. The third-order valence-electron chi connectivity index (χ3n) is 6.98. The average Bonchev–Trinajstić information content (AvgIpc) is 3.42. The zero-order valence-electron chi connectivity index (χ0n) is 21.4. The first-order valence-electron chi connectivity index (χ1n) is 12.6. The van der Waals surface area contributed by atoms with Crippen LogP contribution in [0.15, 0.2) is 72.8 Å². The van der Waals surface area contributed by atoms with E-state index in [2.05, 4.69) is 15.1 Å². The van der Waals surface area contributed by atoms with Gasteiger partial charge in [0.05, 0.1) is 31.7 Å².